The summed E-state index contributed by atoms with van der Waals surface area (Å²) in [6, 6.07) is 7.00. The molecule has 2 rings (SSSR count). The van der Waals surface area contributed by atoms with Crippen molar-refractivity contribution in [2.24, 2.45) is 0 Å². The van der Waals surface area contributed by atoms with Gasteiger partial charge in [-0.25, -0.2) is 9.37 Å². The highest BCUT2D eigenvalue weighted by Crippen LogP contribution is 2.16. The highest BCUT2D eigenvalue weighted by Gasteiger charge is 2.11. The van der Waals surface area contributed by atoms with Gasteiger partial charge in [-0.15, -0.1) is 0 Å². The van der Waals surface area contributed by atoms with Crippen molar-refractivity contribution in [2.45, 2.75) is 0 Å². The first-order valence-electron chi connectivity index (χ1n) is 5.04. The van der Waals surface area contributed by atoms with E-state index in [0.29, 0.717) is 10.3 Å². The molecule has 0 radical (unpaired) electrons. The first kappa shape index (κ1) is 12.5. The summed E-state index contributed by atoms with van der Waals surface area (Å²) in [4.78, 5) is 15.8. The number of anilines is 2. The number of nitrogen functional groups attached to an aromatic ring is 1. The molecule has 0 unspecified atom stereocenters. The number of hydrogen-bond acceptors (Lipinski definition) is 3. The Bertz CT molecular complexity index is 586. The molecule has 1 amide bonds. The van der Waals surface area contributed by atoms with Crippen molar-refractivity contribution in [2.75, 3.05) is 11.1 Å². The number of rotatable bonds is 2. The summed E-state index contributed by atoms with van der Waals surface area (Å²) in [6.07, 6.45) is 1.48. The maximum atomic E-state index is 13.0. The number of amides is 1. The van der Waals surface area contributed by atoms with Crippen LogP contribution in [0.25, 0.3) is 0 Å². The number of nitrogens with two attached hydrogens (primary N) is 1. The fourth-order valence-electron chi connectivity index (χ4n) is 1.37. The van der Waals surface area contributed by atoms with Gasteiger partial charge >= 0.3 is 0 Å². The average molecular weight is 310 g/mol. The lowest BCUT2D eigenvalue weighted by Crippen LogP contribution is -2.14. The molecule has 0 aliphatic heterocycles. The molecule has 1 aromatic carbocycles. The third kappa shape index (κ3) is 2.84. The smallest absolute Gasteiger partial charge is 0.257 e. The third-order valence-electron chi connectivity index (χ3n) is 2.25. The van der Waals surface area contributed by atoms with Crippen molar-refractivity contribution in [3.8, 4) is 0 Å². The van der Waals surface area contributed by atoms with E-state index in [4.69, 9.17) is 5.73 Å². The van der Waals surface area contributed by atoms with Crippen molar-refractivity contribution >= 4 is 33.2 Å². The van der Waals surface area contributed by atoms with Crippen LogP contribution < -0.4 is 11.1 Å². The molecule has 0 spiro atoms. The Balaban J connectivity index is 2.21. The molecule has 92 valence electrons. The zero-order valence-corrected chi connectivity index (χ0v) is 10.7. The van der Waals surface area contributed by atoms with Crippen molar-refractivity contribution in [3.63, 3.8) is 0 Å². The second-order valence-corrected chi connectivity index (χ2v) is 4.37. The molecule has 0 atom stereocenters. The number of nitrogens with zero attached hydrogens (tertiary/aromatic N) is 1. The molecule has 6 heteroatoms. The Morgan fingerprint density at radius 1 is 1.33 bits per heavy atom. The average Bonchev–Trinajstić information content (AvgIpc) is 2.35. The normalized spacial score (nSPS) is 10.1. The van der Waals surface area contributed by atoms with Crippen LogP contribution in [-0.2, 0) is 0 Å². The van der Waals surface area contributed by atoms with E-state index in [1.165, 1.54) is 18.3 Å². The van der Waals surface area contributed by atoms with E-state index >= 15 is 0 Å². The number of hydrogen-bond donors (Lipinski definition) is 2. The van der Waals surface area contributed by atoms with Crippen LogP contribution in [-0.4, -0.2) is 10.9 Å². The summed E-state index contributed by atoms with van der Waals surface area (Å²) < 4.78 is 13.7. The largest absolute Gasteiger partial charge is 0.398 e. The minimum Gasteiger partial charge on any atom is -0.398 e. The Morgan fingerprint density at radius 3 is 2.78 bits per heavy atom. The van der Waals surface area contributed by atoms with Crippen LogP contribution in [0.4, 0.5) is 15.8 Å². The zero-order valence-electron chi connectivity index (χ0n) is 9.15. The second kappa shape index (κ2) is 5.14. The molecule has 0 saturated carbocycles. The van der Waals surface area contributed by atoms with Crippen molar-refractivity contribution in [1.82, 2.24) is 4.98 Å². The molecule has 3 N–H and O–H groups in total. The summed E-state index contributed by atoms with van der Waals surface area (Å²) in [5.41, 5.74) is 6.44. The standard InChI is InChI=1S/C12H9BrFN3O/c13-11-4-2-8(6-16-11)17-12(18)9-5-7(14)1-3-10(9)15/h1-6H,15H2,(H,17,18). The number of nitrogens with one attached hydrogen (secondary N) is 1. The van der Waals surface area contributed by atoms with Crippen molar-refractivity contribution in [1.29, 1.82) is 0 Å². The van der Waals surface area contributed by atoms with E-state index in [0.717, 1.165) is 6.07 Å². The SMILES string of the molecule is Nc1ccc(F)cc1C(=O)Nc1ccc(Br)nc1. The molecular weight excluding hydrogens is 301 g/mol. The lowest BCUT2D eigenvalue weighted by Gasteiger charge is -2.07. The Morgan fingerprint density at radius 2 is 2.11 bits per heavy atom. The topological polar surface area (TPSA) is 68.0 Å². The van der Waals surface area contributed by atoms with Crippen LogP contribution in [0.1, 0.15) is 10.4 Å². The van der Waals surface area contributed by atoms with E-state index in [9.17, 15) is 9.18 Å². The summed E-state index contributed by atoms with van der Waals surface area (Å²) in [5.74, 6) is -0.987. The van der Waals surface area contributed by atoms with Gasteiger partial charge in [0.2, 0.25) is 0 Å². The van der Waals surface area contributed by atoms with Gasteiger partial charge in [0.05, 0.1) is 17.4 Å². The van der Waals surface area contributed by atoms with Crippen LogP contribution in [0, 0.1) is 5.82 Å². The monoisotopic (exact) mass is 309 g/mol. The number of carbonyl (C=O) groups is 1. The Hall–Kier alpha value is -1.95. The van der Waals surface area contributed by atoms with Gasteiger partial charge in [-0.2, -0.15) is 0 Å². The van der Waals surface area contributed by atoms with Crippen LogP contribution in [0.15, 0.2) is 41.1 Å². The van der Waals surface area contributed by atoms with E-state index in [1.807, 2.05) is 0 Å². The van der Waals surface area contributed by atoms with E-state index in [1.54, 1.807) is 12.1 Å². The number of pyridine rings is 1. The molecular formula is C12H9BrFN3O. The summed E-state index contributed by atoms with van der Waals surface area (Å²) in [6.45, 7) is 0. The van der Waals surface area contributed by atoms with Gasteiger partial charge in [-0.1, -0.05) is 0 Å². The van der Waals surface area contributed by atoms with Gasteiger partial charge in [0.25, 0.3) is 5.91 Å². The highest BCUT2D eigenvalue weighted by molar-refractivity contribution is 9.10. The fourth-order valence-corrected chi connectivity index (χ4v) is 1.61. The number of aromatic nitrogens is 1. The van der Waals surface area contributed by atoms with Crippen LogP contribution in [0.5, 0.6) is 0 Å². The predicted octanol–water partition coefficient (Wildman–Crippen LogP) is 2.82. The summed E-state index contributed by atoms with van der Waals surface area (Å²) >= 11 is 3.18. The first-order valence-corrected chi connectivity index (χ1v) is 5.83. The summed E-state index contributed by atoms with van der Waals surface area (Å²) in [7, 11) is 0. The van der Waals surface area contributed by atoms with Gasteiger partial charge in [0, 0.05) is 5.69 Å². The van der Waals surface area contributed by atoms with E-state index in [2.05, 4.69) is 26.2 Å². The molecule has 0 bridgehead atoms. The zero-order chi connectivity index (χ0) is 13.1. The van der Waals surface area contributed by atoms with Gasteiger partial charge < -0.3 is 11.1 Å². The Labute approximate surface area is 111 Å². The molecule has 2 aromatic rings. The quantitative estimate of drug-likeness (QED) is 0.662. The molecule has 1 aromatic heterocycles. The molecule has 4 nitrogen and oxygen atoms in total. The minimum atomic E-state index is -0.511. The van der Waals surface area contributed by atoms with Gasteiger partial charge in [0.1, 0.15) is 10.4 Å². The second-order valence-electron chi connectivity index (χ2n) is 3.56. The van der Waals surface area contributed by atoms with E-state index in [-0.39, 0.29) is 11.3 Å². The number of carbonyl (C=O) groups excluding carboxylic acids is 1. The van der Waals surface area contributed by atoms with Crippen LogP contribution in [0.2, 0.25) is 0 Å². The van der Waals surface area contributed by atoms with Crippen molar-refractivity contribution in [3.05, 3.63) is 52.5 Å². The van der Waals surface area contributed by atoms with E-state index < -0.39 is 11.7 Å². The molecule has 0 saturated heterocycles. The molecule has 18 heavy (non-hydrogen) atoms. The highest BCUT2D eigenvalue weighted by atomic mass is 79.9. The summed E-state index contributed by atoms with van der Waals surface area (Å²) in [5, 5.41) is 2.58. The van der Waals surface area contributed by atoms with Gasteiger partial charge in [-0.3, -0.25) is 4.79 Å². The Kier molecular flexibility index (Phi) is 3.57. The maximum absolute atomic E-state index is 13.0. The lowest BCUT2D eigenvalue weighted by atomic mass is 10.1. The maximum Gasteiger partial charge on any atom is 0.257 e. The third-order valence-corrected chi connectivity index (χ3v) is 2.71. The molecule has 0 aliphatic carbocycles. The van der Waals surface area contributed by atoms with Crippen molar-refractivity contribution < 1.29 is 9.18 Å². The number of halogens is 2. The minimum absolute atomic E-state index is 0.0953. The lowest BCUT2D eigenvalue weighted by molar-refractivity contribution is 0.102. The van der Waals surface area contributed by atoms with Gasteiger partial charge in [-0.05, 0) is 46.3 Å². The molecule has 0 aliphatic rings. The predicted molar refractivity (Wildman–Crippen MR) is 70.7 cm³/mol. The molecule has 0 fully saturated rings. The first-order chi connectivity index (χ1) is 8.56. The fraction of sp³-hybridized carbons (Fsp3) is 0. The van der Waals surface area contributed by atoms with Gasteiger partial charge in [0.15, 0.2) is 0 Å². The van der Waals surface area contributed by atoms with Crippen LogP contribution >= 0.6 is 15.9 Å². The van der Waals surface area contributed by atoms with Crippen LogP contribution in [0.3, 0.4) is 0 Å². The molecule has 1 heterocycles. The number of benzene rings is 1.